The molecule has 5 heteroatoms. The molecule has 3 rings (SSSR count). The van der Waals surface area contributed by atoms with Crippen LogP contribution in [0.15, 0.2) is 59.8 Å². The van der Waals surface area contributed by atoms with Crippen molar-refractivity contribution in [2.45, 2.75) is 6.92 Å². The molecule has 0 aliphatic heterocycles. The molecule has 1 heterocycles. The van der Waals surface area contributed by atoms with E-state index in [4.69, 9.17) is 5.26 Å². The molecule has 0 unspecified atom stereocenters. The third-order valence-electron chi connectivity index (χ3n) is 3.33. The Labute approximate surface area is 127 Å². The molecule has 0 radical (unpaired) electrons. The molecule has 1 N–H and O–H groups in total. The minimum atomic E-state index is 0.617. The van der Waals surface area contributed by atoms with Crippen LogP contribution in [0.1, 0.15) is 18.1 Å². The smallest absolute Gasteiger partial charge is 0.176 e. The Morgan fingerprint density at radius 1 is 1.14 bits per heavy atom. The lowest BCUT2D eigenvalue weighted by Gasteiger charge is -2.05. The molecule has 0 fully saturated rings. The summed E-state index contributed by atoms with van der Waals surface area (Å²) in [6.45, 7) is 1.90. The Hall–Kier alpha value is -3.26. The fraction of sp³-hybridized carbons (Fsp3) is 0.0588. The number of hydrogen-bond donors (Lipinski definition) is 1. The second-order valence-electron chi connectivity index (χ2n) is 4.78. The number of aromatic nitrogens is 2. The minimum Gasteiger partial charge on any atom is -0.259 e. The predicted octanol–water partition coefficient (Wildman–Crippen LogP) is 3.34. The van der Waals surface area contributed by atoms with Gasteiger partial charge in [-0.15, -0.1) is 5.10 Å². The van der Waals surface area contributed by atoms with Crippen molar-refractivity contribution in [1.29, 1.82) is 5.26 Å². The van der Waals surface area contributed by atoms with Crippen molar-refractivity contribution in [2.75, 3.05) is 5.43 Å². The van der Waals surface area contributed by atoms with Crippen LogP contribution in [0.4, 0.5) is 5.82 Å². The number of hydrogen-bond acceptors (Lipinski definition) is 5. The Bertz CT molecular complexity index is 870. The van der Waals surface area contributed by atoms with Crippen molar-refractivity contribution < 1.29 is 0 Å². The van der Waals surface area contributed by atoms with Gasteiger partial charge in [-0.05, 0) is 24.6 Å². The summed E-state index contributed by atoms with van der Waals surface area (Å²) in [5, 5.41) is 23.2. The highest BCUT2D eigenvalue weighted by Gasteiger charge is 2.02. The Balaban J connectivity index is 1.87. The highest BCUT2D eigenvalue weighted by molar-refractivity contribution is 5.99. The number of rotatable bonds is 3. The number of anilines is 1. The summed E-state index contributed by atoms with van der Waals surface area (Å²) in [7, 11) is 0. The lowest BCUT2D eigenvalue weighted by molar-refractivity contribution is 1.04. The SMILES string of the molecule is CC(=NNc1nncc2ccccc12)c1ccc(C#N)cc1. The average molecular weight is 287 g/mol. The molecule has 1 aromatic heterocycles. The van der Waals surface area contributed by atoms with Gasteiger partial charge in [0.25, 0.3) is 0 Å². The first-order valence-corrected chi connectivity index (χ1v) is 6.79. The van der Waals surface area contributed by atoms with E-state index < -0.39 is 0 Å². The molecule has 0 aliphatic carbocycles. The Morgan fingerprint density at radius 3 is 2.68 bits per heavy atom. The molecule has 0 saturated carbocycles. The van der Waals surface area contributed by atoms with Crippen LogP contribution in [0.25, 0.3) is 10.8 Å². The molecular weight excluding hydrogens is 274 g/mol. The van der Waals surface area contributed by atoms with Crippen molar-refractivity contribution >= 4 is 22.3 Å². The van der Waals surface area contributed by atoms with E-state index in [0.717, 1.165) is 22.0 Å². The molecular formula is C17H13N5. The summed E-state index contributed by atoms with van der Waals surface area (Å²) in [6.07, 6.45) is 1.72. The number of hydrazone groups is 1. The number of nitrogens with zero attached hydrogens (tertiary/aromatic N) is 4. The number of nitrogens with one attached hydrogen (secondary N) is 1. The van der Waals surface area contributed by atoms with Gasteiger partial charge >= 0.3 is 0 Å². The van der Waals surface area contributed by atoms with Gasteiger partial charge in [0, 0.05) is 10.8 Å². The van der Waals surface area contributed by atoms with Crippen LogP contribution in [0.5, 0.6) is 0 Å². The van der Waals surface area contributed by atoms with Crippen LogP contribution in [-0.2, 0) is 0 Å². The largest absolute Gasteiger partial charge is 0.259 e. The fourth-order valence-corrected chi connectivity index (χ4v) is 2.10. The van der Waals surface area contributed by atoms with Crippen LogP contribution in [0.2, 0.25) is 0 Å². The van der Waals surface area contributed by atoms with Crippen molar-refractivity contribution in [3.63, 3.8) is 0 Å². The van der Waals surface area contributed by atoms with Gasteiger partial charge in [0.15, 0.2) is 5.82 Å². The molecule has 106 valence electrons. The zero-order chi connectivity index (χ0) is 15.4. The van der Waals surface area contributed by atoms with Gasteiger partial charge in [-0.3, -0.25) is 5.43 Å². The Morgan fingerprint density at radius 2 is 1.91 bits per heavy atom. The number of benzene rings is 2. The first-order chi connectivity index (χ1) is 10.8. The normalized spacial score (nSPS) is 11.2. The standard InChI is InChI=1S/C17H13N5/c1-12(14-8-6-13(10-18)7-9-14)20-22-17-16-5-3-2-4-15(16)11-19-21-17/h2-9,11H,1H3,(H,21,22). The summed E-state index contributed by atoms with van der Waals surface area (Å²) in [5.41, 5.74) is 5.34. The first-order valence-electron chi connectivity index (χ1n) is 6.79. The monoisotopic (exact) mass is 287 g/mol. The molecule has 0 amide bonds. The van der Waals surface area contributed by atoms with Crippen LogP contribution in [-0.4, -0.2) is 15.9 Å². The maximum atomic E-state index is 8.81. The van der Waals surface area contributed by atoms with E-state index >= 15 is 0 Å². The summed E-state index contributed by atoms with van der Waals surface area (Å²) in [4.78, 5) is 0. The molecule has 0 saturated heterocycles. The van der Waals surface area contributed by atoms with E-state index in [-0.39, 0.29) is 0 Å². The first kappa shape index (κ1) is 13.7. The van der Waals surface area contributed by atoms with E-state index in [0.29, 0.717) is 11.4 Å². The quantitative estimate of drug-likeness (QED) is 0.592. The molecule has 0 atom stereocenters. The van der Waals surface area contributed by atoms with E-state index in [1.54, 1.807) is 18.3 Å². The van der Waals surface area contributed by atoms with E-state index in [1.165, 1.54) is 0 Å². The molecule has 0 bridgehead atoms. The summed E-state index contributed by atoms with van der Waals surface area (Å²) in [5.74, 6) is 0.617. The van der Waals surface area contributed by atoms with Crippen LogP contribution >= 0.6 is 0 Å². The third-order valence-corrected chi connectivity index (χ3v) is 3.33. The van der Waals surface area contributed by atoms with Crippen molar-refractivity contribution in [3.05, 3.63) is 65.9 Å². The predicted molar refractivity (Wildman–Crippen MR) is 86.5 cm³/mol. The molecule has 3 aromatic rings. The van der Waals surface area contributed by atoms with E-state index in [9.17, 15) is 0 Å². The van der Waals surface area contributed by atoms with Crippen LogP contribution < -0.4 is 5.43 Å². The molecule has 0 spiro atoms. The van der Waals surface area contributed by atoms with Gasteiger partial charge in [-0.2, -0.15) is 15.5 Å². The lowest BCUT2D eigenvalue weighted by atomic mass is 10.1. The number of fused-ring (bicyclic) bond motifs is 1. The zero-order valence-corrected chi connectivity index (χ0v) is 12.0. The van der Waals surface area contributed by atoms with Crippen LogP contribution in [0.3, 0.4) is 0 Å². The highest BCUT2D eigenvalue weighted by atomic mass is 15.3. The summed E-state index contributed by atoms with van der Waals surface area (Å²) < 4.78 is 0. The maximum Gasteiger partial charge on any atom is 0.176 e. The topological polar surface area (TPSA) is 74.0 Å². The summed E-state index contributed by atoms with van der Waals surface area (Å²) >= 11 is 0. The second kappa shape index (κ2) is 6.02. The van der Waals surface area contributed by atoms with Gasteiger partial charge in [0.1, 0.15) is 0 Å². The fourth-order valence-electron chi connectivity index (χ4n) is 2.10. The molecule has 5 nitrogen and oxygen atoms in total. The lowest BCUT2D eigenvalue weighted by Crippen LogP contribution is -2.02. The van der Waals surface area contributed by atoms with E-state index in [1.807, 2.05) is 43.3 Å². The Kier molecular flexibility index (Phi) is 3.75. The van der Waals surface area contributed by atoms with Crippen molar-refractivity contribution in [2.24, 2.45) is 5.10 Å². The van der Waals surface area contributed by atoms with Crippen molar-refractivity contribution in [1.82, 2.24) is 10.2 Å². The van der Waals surface area contributed by atoms with Gasteiger partial charge in [0.2, 0.25) is 0 Å². The van der Waals surface area contributed by atoms with E-state index in [2.05, 4.69) is 26.8 Å². The van der Waals surface area contributed by atoms with Crippen molar-refractivity contribution in [3.8, 4) is 6.07 Å². The van der Waals surface area contributed by atoms with Gasteiger partial charge in [0.05, 0.1) is 23.5 Å². The minimum absolute atomic E-state index is 0.617. The molecule has 2 aromatic carbocycles. The zero-order valence-electron chi connectivity index (χ0n) is 12.0. The second-order valence-corrected chi connectivity index (χ2v) is 4.78. The van der Waals surface area contributed by atoms with Gasteiger partial charge < -0.3 is 0 Å². The summed E-state index contributed by atoms with van der Waals surface area (Å²) in [6, 6.07) is 17.2. The van der Waals surface area contributed by atoms with Gasteiger partial charge in [-0.1, -0.05) is 36.4 Å². The molecule has 0 aliphatic rings. The number of nitriles is 1. The highest BCUT2D eigenvalue weighted by Crippen LogP contribution is 2.19. The average Bonchev–Trinajstić information content (AvgIpc) is 2.59. The maximum absolute atomic E-state index is 8.81. The third kappa shape index (κ3) is 2.76. The van der Waals surface area contributed by atoms with Gasteiger partial charge in [-0.25, -0.2) is 0 Å². The molecule has 22 heavy (non-hydrogen) atoms. The van der Waals surface area contributed by atoms with Crippen LogP contribution in [0, 0.1) is 11.3 Å².